The number of halogens is 2. The zero-order valence-corrected chi connectivity index (χ0v) is 17.0. The maximum atomic E-state index is 13.0. The molecule has 146 valence electrons. The second kappa shape index (κ2) is 8.22. The molecule has 2 bridgehead atoms. The van der Waals surface area contributed by atoms with Crippen LogP contribution in [0.3, 0.4) is 0 Å². The van der Waals surface area contributed by atoms with Crippen molar-refractivity contribution in [2.24, 2.45) is 0 Å². The van der Waals surface area contributed by atoms with Crippen molar-refractivity contribution in [3.8, 4) is 22.1 Å². The topological polar surface area (TPSA) is 63.7 Å². The molecule has 2 unspecified atom stereocenters. The summed E-state index contributed by atoms with van der Waals surface area (Å²) in [5.41, 5.74) is 1.50. The summed E-state index contributed by atoms with van der Waals surface area (Å²) in [5, 5.41) is 6.14. The third-order valence-electron chi connectivity index (χ3n) is 5.23. The first-order valence-corrected chi connectivity index (χ1v) is 9.56. The molecule has 6 nitrogen and oxygen atoms in total. The van der Waals surface area contributed by atoms with E-state index < -0.39 is 0 Å². The van der Waals surface area contributed by atoms with E-state index in [1.807, 2.05) is 23.6 Å². The molecule has 9 heteroatoms. The van der Waals surface area contributed by atoms with Crippen LogP contribution in [0.2, 0.25) is 0 Å². The predicted molar refractivity (Wildman–Crippen MR) is 109 cm³/mol. The van der Waals surface area contributed by atoms with Crippen molar-refractivity contribution in [2.75, 3.05) is 19.9 Å². The number of benzene rings is 1. The first-order chi connectivity index (χ1) is 12.3. The first kappa shape index (κ1) is 20.2. The quantitative estimate of drug-likeness (QED) is 0.792. The zero-order chi connectivity index (χ0) is 16.8. The maximum Gasteiger partial charge on any atom is 0.273 e. The summed E-state index contributed by atoms with van der Waals surface area (Å²) >= 11 is 1.50. The lowest BCUT2D eigenvalue weighted by atomic mass is 10.1. The minimum atomic E-state index is 0. The van der Waals surface area contributed by atoms with E-state index >= 15 is 0 Å². The Labute approximate surface area is 174 Å². The number of fused-ring (bicyclic) bond motifs is 3. The monoisotopic (exact) mass is 429 g/mol. The van der Waals surface area contributed by atoms with Gasteiger partial charge in [0.15, 0.2) is 11.5 Å². The van der Waals surface area contributed by atoms with Crippen LogP contribution in [0.4, 0.5) is 0 Å². The lowest BCUT2D eigenvalue weighted by Crippen LogP contribution is -2.42. The smallest absolute Gasteiger partial charge is 0.273 e. The van der Waals surface area contributed by atoms with Gasteiger partial charge in [0.2, 0.25) is 6.79 Å². The lowest BCUT2D eigenvalue weighted by Gasteiger charge is -2.27. The highest BCUT2D eigenvalue weighted by atomic mass is 35.5. The van der Waals surface area contributed by atoms with Gasteiger partial charge in [0.05, 0.1) is 0 Å². The Hall–Kier alpha value is -1.54. The van der Waals surface area contributed by atoms with Crippen LogP contribution in [0.25, 0.3) is 10.6 Å². The number of nitrogens with zero attached hydrogens (tertiary/aromatic N) is 2. The number of hydrogen-bond acceptors (Lipinski definition) is 6. The number of ether oxygens (including phenoxy) is 2. The highest BCUT2D eigenvalue weighted by Gasteiger charge is 2.39. The molecule has 2 aromatic rings. The average Bonchev–Trinajstić information content (AvgIpc) is 3.31. The molecule has 4 heterocycles. The van der Waals surface area contributed by atoms with E-state index in [0.29, 0.717) is 17.8 Å². The van der Waals surface area contributed by atoms with Gasteiger partial charge >= 0.3 is 0 Å². The van der Waals surface area contributed by atoms with E-state index in [0.717, 1.165) is 54.4 Å². The van der Waals surface area contributed by atoms with Crippen LogP contribution in [-0.2, 0) is 0 Å². The van der Waals surface area contributed by atoms with Gasteiger partial charge < -0.3 is 19.7 Å². The normalized spacial score (nSPS) is 22.6. The summed E-state index contributed by atoms with van der Waals surface area (Å²) in [6, 6.07) is 6.43. The van der Waals surface area contributed by atoms with Crippen LogP contribution in [0.15, 0.2) is 23.6 Å². The molecule has 0 aliphatic carbocycles. The Bertz CT molecular complexity index is 818. The summed E-state index contributed by atoms with van der Waals surface area (Å²) in [5.74, 6) is 1.56. The second-order valence-corrected chi connectivity index (χ2v) is 7.55. The van der Waals surface area contributed by atoms with Gasteiger partial charge in [-0.2, -0.15) is 0 Å². The van der Waals surface area contributed by atoms with E-state index in [1.165, 1.54) is 11.3 Å². The molecule has 2 fully saturated rings. The van der Waals surface area contributed by atoms with Gasteiger partial charge in [-0.15, -0.1) is 36.2 Å². The van der Waals surface area contributed by atoms with Crippen LogP contribution in [0, 0.1) is 0 Å². The van der Waals surface area contributed by atoms with Crippen molar-refractivity contribution in [1.82, 2.24) is 15.2 Å². The van der Waals surface area contributed by atoms with Gasteiger partial charge in [-0.1, -0.05) is 0 Å². The number of hydrogen-bond donors (Lipinski definition) is 1. The van der Waals surface area contributed by atoms with Crippen molar-refractivity contribution < 1.29 is 14.3 Å². The van der Waals surface area contributed by atoms with Crippen molar-refractivity contribution in [2.45, 2.75) is 31.3 Å². The van der Waals surface area contributed by atoms with Crippen molar-refractivity contribution in [3.63, 3.8) is 0 Å². The molecule has 2 atom stereocenters. The number of amides is 1. The molecule has 1 aromatic carbocycles. The van der Waals surface area contributed by atoms with Gasteiger partial charge in [0.1, 0.15) is 10.7 Å². The summed E-state index contributed by atoms with van der Waals surface area (Å²) in [7, 11) is 0. The Kier molecular flexibility index (Phi) is 6.15. The molecule has 1 amide bonds. The Morgan fingerprint density at radius 1 is 1.15 bits per heavy atom. The van der Waals surface area contributed by atoms with Crippen molar-refractivity contribution in [3.05, 3.63) is 29.3 Å². The largest absolute Gasteiger partial charge is 0.454 e. The molecule has 3 aliphatic rings. The van der Waals surface area contributed by atoms with Gasteiger partial charge in [0.25, 0.3) is 5.91 Å². The number of thiazole rings is 1. The van der Waals surface area contributed by atoms with Crippen LogP contribution in [-0.4, -0.2) is 47.8 Å². The summed E-state index contributed by atoms with van der Waals surface area (Å²) in [6.45, 7) is 2.14. The van der Waals surface area contributed by atoms with Gasteiger partial charge in [-0.3, -0.25) is 4.79 Å². The minimum absolute atomic E-state index is 0. The average molecular weight is 430 g/mol. The minimum Gasteiger partial charge on any atom is -0.454 e. The fourth-order valence-corrected chi connectivity index (χ4v) is 4.77. The molecule has 27 heavy (non-hydrogen) atoms. The van der Waals surface area contributed by atoms with Crippen LogP contribution in [0.1, 0.15) is 29.8 Å². The van der Waals surface area contributed by atoms with E-state index in [9.17, 15) is 4.79 Å². The number of rotatable bonds is 2. The van der Waals surface area contributed by atoms with Crippen LogP contribution < -0.4 is 14.8 Å². The van der Waals surface area contributed by atoms with Crippen LogP contribution in [0.5, 0.6) is 11.5 Å². The molecule has 1 aromatic heterocycles. The van der Waals surface area contributed by atoms with E-state index in [2.05, 4.69) is 15.2 Å². The van der Waals surface area contributed by atoms with Crippen molar-refractivity contribution >= 4 is 42.1 Å². The molecule has 1 N–H and O–H groups in total. The molecule has 0 saturated carbocycles. The predicted octanol–water partition coefficient (Wildman–Crippen LogP) is 3.35. The summed E-state index contributed by atoms with van der Waals surface area (Å²) in [4.78, 5) is 19.7. The third kappa shape index (κ3) is 3.61. The maximum absolute atomic E-state index is 13.0. The highest BCUT2D eigenvalue weighted by molar-refractivity contribution is 7.13. The molecular weight excluding hydrogens is 409 g/mol. The summed E-state index contributed by atoms with van der Waals surface area (Å²) in [6.07, 6.45) is 3.22. The molecular formula is C18H21Cl2N3O3S. The summed E-state index contributed by atoms with van der Waals surface area (Å²) < 4.78 is 10.8. The molecule has 3 aliphatic heterocycles. The van der Waals surface area contributed by atoms with Gasteiger partial charge in [-0.05, 0) is 44.0 Å². The molecule has 0 radical (unpaired) electrons. The molecule has 2 saturated heterocycles. The van der Waals surface area contributed by atoms with Gasteiger partial charge in [-0.25, -0.2) is 4.98 Å². The lowest BCUT2D eigenvalue weighted by molar-refractivity contribution is 0.0675. The Morgan fingerprint density at radius 2 is 1.96 bits per heavy atom. The fourth-order valence-electron chi connectivity index (χ4n) is 3.98. The zero-order valence-electron chi connectivity index (χ0n) is 14.6. The van der Waals surface area contributed by atoms with E-state index in [1.54, 1.807) is 0 Å². The van der Waals surface area contributed by atoms with Gasteiger partial charge in [0, 0.05) is 29.6 Å². The number of nitrogens with one attached hydrogen (secondary N) is 1. The van der Waals surface area contributed by atoms with E-state index in [-0.39, 0.29) is 37.5 Å². The number of carbonyl (C=O) groups excluding carboxylic acids is 1. The number of carbonyl (C=O) groups is 1. The third-order valence-corrected chi connectivity index (χ3v) is 6.12. The molecule has 0 spiro atoms. The number of aromatic nitrogens is 1. The fraction of sp³-hybridized carbons (Fsp3) is 0.444. The van der Waals surface area contributed by atoms with Crippen molar-refractivity contribution in [1.29, 1.82) is 0 Å². The molecule has 5 rings (SSSR count). The first-order valence-electron chi connectivity index (χ1n) is 8.68. The Morgan fingerprint density at radius 3 is 2.85 bits per heavy atom. The second-order valence-electron chi connectivity index (χ2n) is 6.70. The SMILES string of the molecule is Cl.Cl.O=C(c1csc(-c2ccc3c(c2)OCO3)n1)N1C2CCNCC1CC2. The van der Waals surface area contributed by atoms with Crippen LogP contribution >= 0.6 is 36.2 Å². The highest BCUT2D eigenvalue weighted by Crippen LogP contribution is 2.37. The standard InChI is InChI=1S/C18H19N3O3S.2ClH/c22-18(21-12-2-3-13(21)8-19-6-5-12)14-9-25-17(20-14)11-1-4-15-16(7-11)24-10-23-15;;/h1,4,7,9,12-13,19H,2-3,5-6,8,10H2;2*1H. The Balaban J connectivity index is 0.00000105. The van der Waals surface area contributed by atoms with E-state index in [4.69, 9.17) is 9.47 Å².